The number of aromatic amines is 1. The van der Waals surface area contributed by atoms with E-state index in [2.05, 4.69) is 24.7 Å². The average molecular weight is 532 g/mol. The number of aromatic nitrogens is 4. The van der Waals surface area contributed by atoms with E-state index in [1.807, 2.05) is 0 Å². The lowest BCUT2D eigenvalue weighted by molar-refractivity contribution is 0.103. The lowest BCUT2D eigenvalue weighted by atomic mass is 9.97. The molecule has 0 amide bonds. The first-order valence-corrected chi connectivity index (χ1v) is 12.9. The van der Waals surface area contributed by atoms with Crippen LogP contribution in [0.3, 0.4) is 0 Å². The third-order valence-corrected chi connectivity index (χ3v) is 7.40. The number of pyridine rings is 1. The highest BCUT2D eigenvalue weighted by molar-refractivity contribution is 7.92. The number of benzene rings is 2. The van der Waals surface area contributed by atoms with Crippen LogP contribution in [0.5, 0.6) is 6.01 Å². The number of hydrogen-bond acceptors (Lipinski definition) is 7. The van der Waals surface area contributed by atoms with Crippen molar-refractivity contribution >= 4 is 32.5 Å². The quantitative estimate of drug-likeness (QED) is 0.288. The van der Waals surface area contributed by atoms with Crippen molar-refractivity contribution in [3.63, 3.8) is 0 Å². The minimum absolute atomic E-state index is 0.0110. The van der Waals surface area contributed by atoms with Crippen molar-refractivity contribution in [1.82, 2.24) is 19.9 Å². The Kier molecular flexibility index (Phi) is 6.37. The summed E-state index contributed by atoms with van der Waals surface area (Å²) in [6, 6.07) is 11.0. The van der Waals surface area contributed by atoms with Crippen LogP contribution < -0.4 is 9.46 Å². The van der Waals surface area contributed by atoms with Gasteiger partial charge in [-0.2, -0.15) is 0 Å². The highest BCUT2D eigenvalue weighted by atomic mass is 32.2. The number of ketones is 1. The summed E-state index contributed by atoms with van der Waals surface area (Å²) in [6.07, 6.45) is 6.19. The first kappa shape index (κ1) is 25.0. The molecular weight excluding hydrogens is 509 g/mol. The summed E-state index contributed by atoms with van der Waals surface area (Å²) in [5.74, 6) is -1.58. The van der Waals surface area contributed by atoms with Crippen LogP contribution >= 0.6 is 0 Å². The predicted octanol–water partition coefficient (Wildman–Crippen LogP) is 4.82. The number of anilines is 1. The van der Waals surface area contributed by atoms with E-state index in [0.29, 0.717) is 27.7 Å². The molecule has 0 atom stereocenters. The zero-order valence-corrected chi connectivity index (χ0v) is 21.4. The number of nitrogens with zero attached hydrogens (tertiary/aromatic N) is 3. The first-order valence-electron chi connectivity index (χ1n) is 11.4. The van der Waals surface area contributed by atoms with E-state index in [-0.39, 0.29) is 27.7 Å². The SMILES string of the molecule is COc1ncc(-c2cnc3[nH]cc(C(=O)c4c(C)ccc(NS(=O)(=O)c5cccc(C)c5)c4F)c3c2)cn1. The number of rotatable bonds is 7. The highest BCUT2D eigenvalue weighted by Crippen LogP contribution is 2.30. The number of hydrogen-bond donors (Lipinski definition) is 2. The van der Waals surface area contributed by atoms with Gasteiger partial charge in [-0.15, -0.1) is 0 Å². The number of sulfonamides is 1. The van der Waals surface area contributed by atoms with E-state index < -0.39 is 21.6 Å². The summed E-state index contributed by atoms with van der Waals surface area (Å²) in [6.45, 7) is 3.34. The number of aryl methyl sites for hydroxylation is 2. The van der Waals surface area contributed by atoms with Gasteiger partial charge in [0.05, 0.1) is 23.3 Å². The Morgan fingerprint density at radius 2 is 1.74 bits per heavy atom. The molecular formula is C27H22FN5O4S. The minimum Gasteiger partial charge on any atom is -0.467 e. The van der Waals surface area contributed by atoms with Crippen LogP contribution in [0.25, 0.3) is 22.2 Å². The van der Waals surface area contributed by atoms with Gasteiger partial charge < -0.3 is 9.72 Å². The summed E-state index contributed by atoms with van der Waals surface area (Å²) >= 11 is 0. The van der Waals surface area contributed by atoms with E-state index >= 15 is 4.39 Å². The maximum absolute atomic E-state index is 15.7. The van der Waals surface area contributed by atoms with Gasteiger partial charge in [0.1, 0.15) is 5.65 Å². The molecule has 38 heavy (non-hydrogen) atoms. The minimum atomic E-state index is -4.08. The number of carbonyl (C=O) groups is 1. The lowest BCUT2D eigenvalue weighted by Gasteiger charge is -2.13. The summed E-state index contributed by atoms with van der Waals surface area (Å²) in [5, 5.41) is 0.466. The second kappa shape index (κ2) is 9.67. The number of fused-ring (bicyclic) bond motifs is 1. The fourth-order valence-corrected chi connectivity index (χ4v) is 5.23. The Morgan fingerprint density at radius 1 is 1.00 bits per heavy atom. The Hall–Kier alpha value is -4.64. The normalized spacial score (nSPS) is 11.5. The molecule has 11 heteroatoms. The van der Waals surface area contributed by atoms with E-state index in [1.54, 1.807) is 50.6 Å². The standard InChI is InChI=1S/C27H22FN5O4S/c1-15-5-4-6-19(9-15)38(35,36)33-22-8-7-16(2)23(24(22)28)25(34)21-14-30-26-20(21)10-17(11-29-26)18-12-31-27(37-3)32-13-18/h4-14,33H,1-3H3,(H,29,30). The van der Waals surface area contributed by atoms with E-state index in [9.17, 15) is 13.2 Å². The second-order valence-corrected chi connectivity index (χ2v) is 10.3. The maximum atomic E-state index is 15.7. The molecule has 192 valence electrons. The molecule has 0 saturated carbocycles. The Balaban J connectivity index is 1.53. The molecule has 0 saturated heterocycles. The number of ether oxygens (including phenoxy) is 1. The molecule has 3 heterocycles. The topological polar surface area (TPSA) is 127 Å². The fourth-order valence-electron chi connectivity index (χ4n) is 4.07. The van der Waals surface area contributed by atoms with Gasteiger partial charge in [-0.1, -0.05) is 18.2 Å². The molecule has 0 aliphatic heterocycles. The molecule has 5 rings (SSSR count). The molecule has 0 bridgehead atoms. The van der Waals surface area contributed by atoms with Crippen molar-refractivity contribution in [2.24, 2.45) is 0 Å². The van der Waals surface area contributed by atoms with Gasteiger partial charge in [-0.3, -0.25) is 9.52 Å². The van der Waals surface area contributed by atoms with Crippen molar-refractivity contribution in [3.8, 4) is 17.1 Å². The van der Waals surface area contributed by atoms with Gasteiger partial charge in [-0.05, 0) is 49.2 Å². The summed E-state index contributed by atoms with van der Waals surface area (Å²) < 4.78 is 48.8. The van der Waals surface area contributed by atoms with Gasteiger partial charge in [-0.25, -0.2) is 27.8 Å². The Morgan fingerprint density at radius 3 is 2.45 bits per heavy atom. The Labute approximate surface area is 217 Å². The molecule has 0 radical (unpaired) electrons. The van der Waals surface area contributed by atoms with Crippen molar-refractivity contribution in [1.29, 1.82) is 0 Å². The summed E-state index contributed by atoms with van der Waals surface area (Å²) in [7, 11) is -2.62. The Bertz CT molecular complexity index is 1800. The van der Waals surface area contributed by atoms with Crippen LogP contribution in [0.2, 0.25) is 0 Å². The zero-order chi connectivity index (χ0) is 27.0. The van der Waals surface area contributed by atoms with Gasteiger partial charge in [0.2, 0.25) is 0 Å². The molecule has 0 aliphatic rings. The van der Waals surface area contributed by atoms with Gasteiger partial charge in [0, 0.05) is 46.9 Å². The van der Waals surface area contributed by atoms with E-state index in [4.69, 9.17) is 4.74 Å². The average Bonchev–Trinajstić information content (AvgIpc) is 3.34. The third kappa shape index (κ3) is 4.59. The van der Waals surface area contributed by atoms with Gasteiger partial charge in [0.15, 0.2) is 11.6 Å². The largest absolute Gasteiger partial charge is 0.467 e. The smallest absolute Gasteiger partial charge is 0.316 e. The number of nitrogens with one attached hydrogen (secondary N) is 2. The van der Waals surface area contributed by atoms with E-state index in [1.165, 1.54) is 37.6 Å². The molecule has 0 unspecified atom stereocenters. The van der Waals surface area contributed by atoms with Gasteiger partial charge in [0.25, 0.3) is 10.0 Å². The van der Waals surface area contributed by atoms with Crippen LogP contribution in [0, 0.1) is 19.7 Å². The van der Waals surface area contributed by atoms with E-state index in [0.717, 1.165) is 5.56 Å². The second-order valence-electron chi connectivity index (χ2n) is 8.65. The molecule has 5 aromatic rings. The van der Waals surface area contributed by atoms with Crippen LogP contribution in [0.15, 0.2) is 72.1 Å². The van der Waals surface area contributed by atoms with Crippen molar-refractivity contribution < 1.29 is 22.3 Å². The number of halogens is 1. The van der Waals surface area contributed by atoms with Crippen molar-refractivity contribution in [2.45, 2.75) is 18.7 Å². The molecule has 2 N–H and O–H groups in total. The summed E-state index contributed by atoms with van der Waals surface area (Å²) in [4.78, 5) is 29.1. The lowest BCUT2D eigenvalue weighted by Crippen LogP contribution is -2.16. The van der Waals surface area contributed by atoms with Crippen molar-refractivity contribution in [3.05, 3.63) is 95.3 Å². The molecule has 2 aromatic carbocycles. The van der Waals surface area contributed by atoms with Gasteiger partial charge >= 0.3 is 6.01 Å². The van der Waals surface area contributed by atoms with Crippen LogP contribution in [-0.4, -0.2) is 41.2 Å². The fraction of sp³-hybridized carbons (Fsp3) is 0.111. The highest BCUT2D eigenvalue weighted by Gasteiger charge is 2.25. The monoisotopic (exact) mass is 531 g/mol. The molecule has 0 fully saturated rings. The molecule has 3 aromatic heterocycles. The predicted molar refractivity (Wildman–Crippen MR) is 140 cm³/mol. The first-order chi connectivity index (χ1) is 18.2. The zero-order valence-electron chi connectivity index (χ0n) is 20.6. The van der Waals surface area contributed by atoms with Crippen molar-refractivity contribution in [2.75, 3.05) is 11.8 Å². The molecule has 9 nitrogen and oxygen atoms in total. The van der Waals surface area contributed by atoms with Crippen LogP contribution in [0.4, 0.5) is 10.1 Å². The molecule has 0 aliphatic carbocycles. The summed E-state index contributed by atoms with van der Waals surface area (Å²) in [5.41, 5.74) is 2.43. The van der Waals surface area contributed by atoms with Crippen LogP contribution in [-0.2, 0) is 10.0 Å². The number of carbonyl (C=O) groups excluding carboxylic acids is 1. The number of H-pyrrole nitrogens is 1. The third-order valence-electron chi connectivity index (χ3n) is 6.04. The maximum Gasteiger partial charge on any atom is 0.316 e. The molecule has 0 spiro atoms. The van der Waals surface area contributed by atoms with Crippen LogP contribution in [0.1, 0.15) is 27.0 Å². The number of methoxy groups -OCH3 is 1.